The Morgan fingerprint density at radius 1 is 1.09 bits per heavy atom. The largest absolute Gasteiger partial charge is 0.490 e. The topological polar surface area (TPSA) is 30.5 Å². The summed E-state index contributed by atoms with van der Waals surface area (Å²) in [6, 6.07) is 11.7. The average molecular weight is 385 g/mol. The number of ether oxygens (including phenoxy) is 2. The minimum atomic E-state index is 0.591. The van der Waals surface area contributed by atoms with Crippen molar-refractivity contribution in [2.45, 2.75) is 20.4 Å². The van der Waals surface area contributed by atoms with Gasteiger partial charge in [0.2, 0.25) is 0 Å². The second-order valence-electron chi connectivity index (χ2n) is 4.60. The number of para-hydroxylation sites is 1. The third kappa shape index (κ3) is 4.31. The van der Waals surface area contributed by atoms with Crippen LogP contribution in [0.1, 0.15) is 19.4 Å². The van der Waals surface area contributed by atoms with E-state index in [1.807, 2.05) is 50.2 Å². The molecule has 22 heavy (non-hydrogen) atoms. The molecule has 1 N–H and O–H groups in total. The molecule has 0 aliphatic rings. The van der Waals surface area contributed by atoms with E-state index in [-0.39, 0.29) is 0 Å². The van der Waals surface area contributed by atoms with Crippen molar-refractivity contribution in [1.29, 1.82) is 0 Å². The molecule has 2 rings (SSSR count). The Morgan fingerprint density at radius 2 is 1.82 bits per heavy atom. The molecule has 2 aromatic rings. The number of rotatable bonds is 7. The standard InChI is InChI=1S/C17H19BrClNO2/c1-3-21-16-10-12(9-13(18)17(16)22-4-2)11-20-15-8-6-5-7-14(15)19/h5-10,20H,3-4,11H2,1-2H3. The summed E-state index contributed by atoms with van der Waals surface area (Å²) in [7, 11) is 0. The Bertz CT molecular complexity index is 634. The minimum absolute atomic E-state index is 0.591. The first-order valence-corrected chi connectivity index (χ1v) is 8.39. The summed E-state index contributed by atoms with van der Waals surface area (Å²) >= 11 is 9.70. The molecule has 5 heteroatoms. The van der Waals surface area contributed by atoms with Gasteiger partial charge in [0.05, 0.1) is 28.4 Å². The fourth-order valence-corrected chi connectivity index (χ4v) is 2.88. The molecule has 118 valence electrons. The molecular weight excluding hydrogens is 366 g/mol. The number of anilines is 1. The zero-order valence-corrected chi connectivity index (χ0v) is 15.0. The van der Waals surface area contributed by atoms with Gasteiger partial charge < -0.3 is 14.8 Å². The van der Waals surface area contributed by atoms with E-state index in [0.717, 1.165) is 27.2 Å². The van der Waals surface area contributed by atoms with Crippen LogP contribution in [-0.4, -0.2) is 13.2 Å². The first-order chi connectivity index (χ1) is 10.7. The van der Waals surface area contributed by atoms with Crippen LogP contribution in [0.3, 0.4) is 0 Å². The monoisotopic (exact) mass is 383 g/mol. The van der Waals surface area contributed by atoms with Crippen LogP contribution in [0, 0.1) is 0 Å². The highest BCUT2D eigenvalue weighted by molar-refractivity contribution is 9.10. The van der Waals surface area contributed by atoms with Crippen molar-refractivity contribution in [2.75, 3.05) is 18.5 Å². The van der Waals surface area contributed by atoms with Gasteiger partial charge in [-0.2, -0.15) is 0 Å². The first-order valence-electron chi connectivity index (χ1n) is 7.22. The zero-order chi connectivity index (χ0) is 15.9. The summed E-state index contributed by atoms with van der Waals surface area (Å²) in [5.41, 5.74) is 1.99. The molecule has 0 atom stereocenters. The SMILES string of the molecule is CCOc1cc(CNc2ccccc2Cl)cc(Br)c1OCC. The smallest absolute Gasteiger partial charge is 0.175 e. The summed E-state index contributed by atoms with van der Waals surface area (Å²) < 4.78 is 12.2. The van der Waals surface area contributed by atoms with Gasteiger partial charge >= 0.3 is 0 Å². The molecule has 0 aliphatic heterocycles. The van der Waals surface area contributed by atoms with Crippen LogP contribution in [0.2, 0.25) is 5.02 Å². The number of benzene rings is 2. The molecule has 0 bridgehead atoms. The fourth-order valence-electron chi connectivity index (χ4n) is 2.07. The second-order valence-corrected chi connectivity index (χ2v) is 5.87. The molecule has 0 saturated heterocycles. The summed E-state index contributed by atoms with van der Waals surface area (Å²) in [4.78, 5) is 0. The van der Waals surface area contributed by atoms with Crippen molar-refractivity contribution in [1.82, 2.24) is 0 Å². The van der Waals surface area contributed by atoms with Gasteiger partial charge in [-0.3, -0.25) is 0 Å². The average Bonchev–Trinajstić information content (AvgIpc) is 2.50. The van der Waals surface area contributed by atoms with E-state index in [0.29, 0.717) is 24.8 Å². The van der Waals surface area contributed by atoms with E-state index in [2.05, 4.69) is 21.2 Å². The van der Waals surface area contributed by atoms with Gasteiger partial charge in [0.1, 0.15) is 0 Å². The Hall–Kier alpha value is -1.39. The number of hydrogen-bond donors (Lipinski definition) is 1. The second kappa shape index (κ2) is 8.30. The van der Waals surface area contributed by atoms with E-state index >= 15 is 0 Å². The molecule has 0 aromatic heterocycles. The molecular formula is C17H19BrClNO2. The molecule has 0 fully saturated rings. The van der Waals surface area contributed by atoms with Crippen molar-refractivity contribution < 1.29 is 9.47 Å². The van der Waals surface area contributed by atoms with Crippen molar-refractivity contribution in [3.05, 3.63) is 51.5 Å². The molecule has 0 heterocycles. The predicted molar refractivity (Wildman–Crippen MR) is 95.3 cm³/mol. The van der Waals surface area contributed by atoms with E-state index < -0.39 is 0 Å². The van der Waals surface area contributed by atoms with Crippen LogP contribution in [-0.2, 0) is 6.54 Å². The van der Waals surface area contributed by atoms with Crippen LogP contribution in [0.4, 0.5) is 5.69 Å². The van der Waals surface area contributed by atoms with Crippen LogP contribution >= 0.6 is 27.5 Å². The van der Waals surface area contributed by atoms with Gasteiger partial charge in [-0.1, -0.05) is 23.7 Å². The molecule has 0 unspecified atom stereocenters. The summed E-state index contributed by atoms with van der Waals surface area (Å²) in [5.74, 6) is 1.49. The Labute approximate surface area is 144 Å². The molecule has 0 aliphatic carbocycles. The van der Waals surface area contributed by atoms with Gasteiger partial charge in [0.15, 0.2) is 11.5 Å². The normalized spacial score (nSPS) is 10.4. The van der Waals surface area contributed by atoms with Gasteiger partial charge in [-0.25, -0.2) is 0 Å². The Morgan fingerprint density at radius 3 is 2.50 bits per heavy atom. The first kappa shape index (κ1) is 17.0. The Kier molecular flexibility index (Phi) is 6.40. The van der Waals surface area contributed by atoms with Crippen molar-refractivity contribution in [2.24, 2.45) is 0 Å². The van der Waals surface area contributed by atoms with E-state index in [1.54, 1.807) is 0 Å². The Balaban J connectivity index is 2.19. The highest BCUT2D eigenvalue weighted by Gasteiger charge is 2.12. The molecule has 0 amide bonds. The zero-order valence-electron chi connectivity index (χ0n) is 12.7. The van der Waals surface area contributed by atoms with E-state index in [1.165, 1.54) is 0 Å². The van der Waals surface area contributed by atoms with E-state index in [4.69, 9.17) is 21.1 Å². The fraction of sp³-hybridized carbons (Fsp3) is 0.294. The van der Waals surface area contributed by atoms with Gasteiger partial charge in [0, 0.05) is 6.54 Å². The lowest BCUT2D eigenvalue weighted by atomic mass is 10.2. The molecule has 2 aromatic carbocycles. The summed E-state index contributed by atoms with van der Waals surface area (Å²) in [6.45, 7) is 5.74. The van der Waals surface area contributed by atoms with Gasteiger partial charge in [-0.15, -0.1) is 0 Å². The number of nitrogens with one attached hydrogen (secondary N) is 1. The summed E-state index contributed by atoms with van der Waals surface area (Å²) in [5, 5.41) is 4.03. The van der Waals surface area contributed by atoms with Crippen molar-refractivity contribution in [3.8, 4) is 11.5 Å². The maximum absolute atomic E-state index is 6.15. The lowest BCUT2D eigenvalue weighted by Crippen LogP contribution is -2.03. The van der Waals surface area contributed by atoms with Crippen LogP contribution in [0.5, 0.6) is 11.5 Å². The molecule has 0 spiro atoms. The minimum Gasteiger partial charge on any atom is -0.490 e. The molecule has 0 radical (unpaired) electrons. The lowest BCUT2D eigenvalue weighted by Gasteiger charge is -2.15. The van der Waals surface area contributed by atoms with Gasteiger partial charge in [0.25, 0.3) is 0 Å². The molecule has 0 saturated carbocycles. The number of hydrogen-bond acceptors (Lipinski definition) is 3. The van der Waals surface area contributed by atoms with Crippen molar-refractivity contribution in [3.63, 3.8) is 0 Å². The van der Waals surface area contributed by atoms with Gasteiger partial charge in [-0.05, 0) is 59.6 Å². The summed E-state index contributed by atoms with van der Waals surface area (Å²) in [6.07, 6.45) is 0. The lowest BCUT2D eigenvalue weighted by molar-refractivity contribution is 0.286. The van der Waals surface area contributed by atoms with Crippen molar-refractivity contribution >= 4 is 33.2 Å². The van der Waals surface area contributed by atoms with Crippen LogP contribution in [0.25, 0.3) is 0 Å². The highest BCUT2D eigenvalue weighted by Crippen LogP contribution is 2.37. The predicted octanol–water partition coefficient (Wildman–Crippen LogP) is 5.51. The maximum atomic E-state index is 6.15. The van der Waals surface area contributed by atoms with Crippen LogP contribution < -0.4 is 14.8 Å². The third-order valence-corrected chi connectivity index (χ3v) is 3.93. The van der Waals surface area contributed by atoms with Crippen LogP contribution in [0.15, 0.2) is 40.9 Å². The molecule has 3 nitrogen and oxygen atoms in total. The quantitative estimate of drug-likeness (QED) is 0.682. The number of halogens is 2. The third-order valence-electron chi connectivity index (χ3n) is 3.01. The highest BCUT2D eigenvalue weighted by atomic mass is 79.9. The maximum Gasteiger partial charge on any atom is 0.175 e. The van der Waals surface area contributed by atoms with E-state index in [9.17, 15) is 0 Å².